The van der Waals surface area contributed by atoms with Crippen molar-refractivity contribution in [2.24, 2.45) is 5.41 Å². The fourth-order valence-corrected chi connectivity index (χ4v) is 2.33. The molecule has 0 unspecified atom stereocenters. The molecule has 0 aromatic rings. The summed E-state index contributed by atoms with van der Waals surface area (Å²) in [7, 11) is 4.12. The third kappa shape index (κ3) is 2.10. The average molecular weight is 178 g/mol. The van der Waals surface area contributed by atoms with Crippen LogP contribution in [0.25, 0.3) is 0 Å². The number of hydrogen-bond donors (Lipinski definition) is 0. The first-order chi connectivity index (χ1) is 6.10. The molecule has 0 aromatic carbocycles. The Bertz CT molecular complexity index is 229. The Labute approximate surface area is 80.8 Å². The minimum Gasteiger partial charge on any atom is -0.308 e. The maximum absolute atomic E-state index is 8.91. The van der Waals surface area contributed by atoms with Crippen molar-refractivity contribution in [3.63, 3.8) is 0 Å². The van der Waals surface area contributed by atoms with E-state index >= 15 is 0 Å². The van der Waals surface area contributed by atoms with Crippen molar-refractivity contribution in [2.75, 3.05) is 20.6 Å². The van der Waals surface area contributed by atoms with Crippen LogP contribution in [-0.4, -0.2) is 25.5 Å². The topological polar surface area (TPSA) is 27.0 Å². The van der Waals surface area contributed by atoms with Crippen LogP contribution >= 0.6 is 0 Å². The zero-order chi connectivity index (χ0) is 9.90. The predicted octanol–water partition coefficient (Wildman–Crippen LogP) is 2.19. The van der Waals surface area contributed by atoms with Crippen molar-refractivity contribution in [3.05, 3.63) is 12.2 Å². The molecule has 0 N–H and O–H groups in total. The SMILES string of the molecule is C=C(C#N)C1(CN(C)C)CCCC1. The van der Waals surface area contributed by atoms with Gasteiger partial charge in [-0.15, -0.1) is 0 Å². The summed E-state index contributed by atoms with van der Waals surface area (Å²) in [5.41, 5.74) is 0.872. The molecule has 0 radical (unpaired) electrons. The normalized spacial score (nSPS) is 20.2. The standard InChI is InChI=1S/C11H18N2/c1-10(8-12)11(9-13(2)3)6-4-5-7-11/h1,4-7,9H2,2-3H3. The van der Waals surface area contributed by atoms with Crippen LogP contribution < -0.4 is 0 Å². The number of hydrogen-bond acceptors (Lipinski definition) is 2. The monoisotopic (exact) mass is 178 g/mol. The molecule has 0 atom stereocenters. The smallest absolute Gasteiger partial charge is 0.0947 e. The molecular formula is C11H18N2. The van der Waals surface area contributed by atoms with Crippen molar-refractivity contribution < 1.29 is 0 Å². The van der Waals surface area contributed by atoms with E-state index in [-0.39, 0.29) is 5.41 Å². The van der Waals surface area contributed by atoms with Crippen LogP contribution in [0.15, 0.2) is 12.2 Å². The Balaban J connectivity index is 2.76. The van der Waals surface area contributed by atoms with Gasteiger partial charge in [0.25, 0.3) is 0 Å². The molecule has 72 valence electrons. The van der Waals surface area contributed by atoms with Crippen LogP contribution in [0.3, 0.4) is 0 Å². The van der Waals surface area contributed by atoms with Gasteiger partial charge in [-0.3, -0.25) is 0 Å². The van der Waals surface area contributed by atoms with Crippen molar-refractivity contribution in [3.8, 4) is 6.07 Å². The van der Waals surface area contributed by atoms with Gasteiger partial charge in [0.05, 0.1) is 6.07 Å². The van der Waals surface area contributed by atoms with Gasteiger partial charge in [-0.05, 0) is 26.9 Å². The van der Waals surface area contributed by atoms with Gasteiger partial charge in [0.1, 0.15) is 0 Å². The molecule has 0 spiro atoms. The summed E-state index contributed by atoms with van der Waals surface area (Å²) in [5.74, 6) is 0. The largest absolute Gasteiger partial charge is 0.308 e. The summed E-state index contributed by atoms with van der Waals surface area (Å²) in [6.45, 7) is 4.86. The summed E-state index contributed by atoms with van der Waals surface area (Å²) >= 11 is 0. The Morgan fingerprint density at radius 1 is 1.46 bits per heavy atom. The lowest BCUT2D eigenvalue weighted by Gasteiger charge is -2.30. The highest BCUT2D eigenvalue weighted by molar-refractivity contribution is 5.27. The van der Waals surface area contributed by atoms with Crippen LogP contribution in [0.1, 0.15) is 25.7 Å². The molecule has 1 rings (SSSR count). The van der Waals surface area contributed by atoms with Gasteiger partial charge >= 0.3 is 0 Å². The Morgan fingerprint density at radius 3 is 2.38 bits per heavy atom. The van der Waals surface area contributed by atoms with Crippen molar-refractivity contribution in [1.29, 1.82) is 5.26 Å². The Kier molecular flexibility index (Phi) is 3.11. The summed E-state index contributed by atoms with van der Waals surface area (Å²) in [4.78, 5) is 2.16. The maximum Gasteiger partial charge on any atom is 0.0947 e. The fraction of sp³-hybridized carbons (Fsp3) is 0.727. The van der Waals surface area contributed by atoms with Crippen molar-refractivity contribution in [2.45, 2.75) is 25.7 Å². The van der Waals surface area contributed by atoms with Crippen LogP contribution in [0, 0.1) is 16.7 Å². The second-order valence-electron chi connectivity index (χ2n) is 4.32. The minimum absolute atomic E-state index is 0.0955. The highest BCUT2D eigenvalue weighted by Gasteiger charge is 2.36. The van der Waals surface area contributed by atoms with E-state index in [9.17, 15) is 0 Å². The maximum atomic E-state index is 8.91. The van der Waals surface area contributed by atoms with E-state index in [0.29, 0.717) is 0 Å². The second-order valence-corrected chi connectivity index (χ2v) is 4.32. The van der Waals surface area contributed by atoms with Crippen LogP contribution in [0.2, 0.25) is 0 Å². The molecule has 13 heavy (non-hydrogen) atoms. The lowest BCUT2D eigenvalue weighted by Crippen LogP contribution is -2.32. The molecule has 0 amide bonds. The number of nitrogens with zero attached hydrogens (tertiary/aromatic N) is 2. The summed E-state index contributed by atoms with van der Waals surface area (Å²) in [6, 6.07) is 2.23. The second kappa shape index (κ2) is 3.93. The van der Waals surface area contributed by atoms with Crippen LogP contribution in [0.4, 0.5) is 0 Å². The van der Waals surface area contributed by atoms with E-state index in [1.54, 1.807) is 0 Å². The summed E-state index contributed by atoms with van der Waals surface area (Å²) < 4.78 is 0. The molecule has 0 aromatic heterocycles. The lowest BCUT2D eigenvalue weighted by atomic mass is 9.79. The van der Waals surface area contributed by atoms with E-state index in [4.69, 9.17) is 5.26 Å². The van der Waals surface area contributed by atoms with E-state index in [1.807, 2.05) is 0 Å². The zero-order valence-corrected chi connectivity index (χ0v) is 8.64. The highest BCUT2D eigenvalue weighted by Crippen LogP contribution is 2.43. The molecular weight excluding hydrogens is 160 g/mol. The van der Waals surface area contributed by atoms with E-state index in [1.165, 1.54) is 12.8 Å². The van der Waals surface area contributed by atoms with Gasteiger partial charge in [-0.25, -0.2) is 0 Å². The van der Waals surface area contributed by atoms with Crippen LogP contribution in [0.5, 0.6) is 0 Å². The van der Waals surface area contributed by atoms with E-state index in [2.05, 4.69) is 31.6 Å². The fourth-order valence-electron chi connectivity index (χ4n) is 2.33. The molecule has 2 nitrogen and oxygen atoms in total. The molecule has 0 saturated heterocycles. The molecule has 2 heteroatoms. The predicted molar refractivity (Wildman–Crippen MR) is 54.2 cm³/mol. The van der Waals surface area contributed by atoms with Crippen LogP contribution in [-0.2, 0) is 0 Å². The highest BCUT2D eigenvalue weighted by atomic mass is 15.1. The minimum atomic E-state index is 0.0955. The van der Waals surface area contributed by atoms with Gasteiger partial charge < -0.3 is 4.90 Å². The summed E-state index contributed by atoms with van der Waals surface area (Å²) in [6.07, 6.45) is 4.76. The van der Waals surface area contributed by atoms with Crippen molar-refractivity contribution >= 4 is 0 Å². The number of nitriles is 1. The Hall–Kier alpha value is -0.810. The molecule has 1 saturated carbocycles. The molecule has 1 fully saturated rings. The zero-order valence-electron chi connectivity index (χ0n) is 8.64. The quantitative estimate of drug-likeness (QED) is 0.619. The van der Waals surface area contributed by atoms with Crippen molar-refractivity contribution in [1.82, 2.24) is 4.90 Å². The van der Waals surface area contributed by atoms with Gasteiger partial charge in [-0.2, -0.15) is 5.26 Å². The van der Waals surface area contributed by atoms with Gasteiger partial charge in [0, 0.05) is 17.5 Å². The van der Waals surface area contributed by atoms with Gasteiger partial charge in [0.2, 0.25) is 0 Å². The number of rotatable bonds is 3. The third-order valence-corrected chi connectivity index (χ3v) is 2.95. The first-order valence-electron chi connectivity index (χ1n) is 4.85. The first-order valence-corrected chi connectivity index (χ1v) is 4.85. The first kappa shape index (κ1) is 10.3. The lowest BCUT2D eigenvalue weighted by molar-refractivity contribution is 0.249. The Morgan fingerprint density at radius 2 is 2.00 bits per heavy atom. The third-order valence-electron chi connectivity index (χ3n) is 2.95. The molecule has 0 heterocycles. The average Bonchev–Trinajstić information content (AvgIpc) is 2.51. The van der Waals surface area contributed by atoms with Gasteiger partial charge in [-0.1, -0.05) is 19.4 Å². The van der Waals surface area contributed by atoms with E-state index in [0.717, 1.165) is 25.0 Å². The van der Waals surface area contributed by atoms with E-state index < -0.39 is 0 Å². The summed E-state index contributed by atoms with van der Waals surface area (Å²) in [5, 5.41) is 8.91. The molecule has 1 aliphatic carbocycles. The molecule has 1 aliphatic rings. The molecule has 0 bridgehead atoms. The van der Waals surface area contributed by atoms with Gasteiger partial charge in [0.15, 0.2) is 0 Å². The molecule has 0 aliphatic heterocycles.